The molecule has 0 amide bonds. The van der Waals surface area contributed by atoms with E-state index in [0.29, 0.717) is 13.0 Å². The zero-order chi connectivity index (χ0) is 10.1. The van der Waals surface area contributed by atoms with Gasteiger partial charge in [0, 0.05) is 12.8 Å². The van der Waals surface area contributed by atoms with Crippen molar-refractivity contribution < 1.29 is 14.3 Å². The number of ether oxygens (including phenoxy) is 2. The number of carbonyl (C=O) groups is 1. The maximum atomic E-state index is 11.1. The van der Waals surface area contributed by atoms with Crippen molar-refractivity contribution in [3.63, 3.8) is 0 Å². The molecule has 0 aromatic heterocycles. The van der Waals surface area contributed by atoms with E-state index < -0.39 is 0 Å². The van der Waals surface area contributed by atoms with Crippen molar-refractivity contribution in [1.82, 2.24) is 0 Å². The first-order valence-corrected chi connectivity index (χ1v) is 5.05. The Balaban J connectivity index is 3.62. The van der Waals surface area contributed by atoms with Crippen molar-refractivity contribution in [3.8, 4) is 0 Å². The molecular weight excluding hydrogens is 168 g/mol. The van der Waals surface area contributed by atoms with Crippen LogP contribution in [0.3, 0.4) is 0 Å². The number of esters is 1. The Morgan fingerprint density at radius 3 is 2.38 bits per heavy atom. The summed E-state index contributed by atoms with van der Waals surface area (Å²) < 4.78 is 10.4. The largest absolute Gasteiger partial charge is 0.436 e. The molecule has 0 aromatic rings. The highest BCUT2D eigenvalue weighted by Crippen LogP contribution is 2.03. The lowest BCUT2D eigenvalue weighted by Crippen LogP contribution is -2.20. The standard InChI is InChI=1S/C10H20O3/c1-4-7-9(11)13-10(6-3)12-8-5-2/h10H,4-8H2,1-3H3. The summed E-state index contributed by atoms with van der Waals surface area (Å²) in [4.78, 5) is 11.1. The van der Waals surface area contributed by atoms with Crippen LogP contribution in [0, 0.1) is 0 Å². The minimum Gasteiger partial charge on any atom is -0.436 e. The van der Waals surface area contributed by atoms with Gasteiger partial charge in [0.05, 0.1) is 6.61 Å². The van der Waals surface area contributed by atoms with E-state index >= 15 is 0 Å². The van der Waals surface area contributed by atoms with Gasteiger partial charge in [0.15, 0.2) is 0 Å². The number of carbonyl (C=O) groups excluding carboxylic acids is 1. The van der Waals surface area contributed by atoms with Gasteiger partial charge < -0.3 is 9.47 Å². The van der Waals surface area contributed by atoms with Crippen molar-refractivity contribution in [2.24, 2.45) is 0 Å². The highest BCUT2D eigenvalue weighted by Gasteiger charge is 2.10. The average molecular weight is 188 g/mol. The second-order valence-electron chi connectivity index (χ2n) is 2.95. The van der Waals surface area contributed by atoms with E-state index in [1.54, 1.807) is 0 Å². The van der Waals surface area contributed by atoms with Gasteiger partial charge in [-0.05, 0) is 12.8 Å². The van der Waals surface area contributed by atoms with E-state index in [1.807, 2.05) is 20.8 Å². The summed E-state index contributed by atoms with van der Waals surface area (Å²) in [5.41, 5.74) is 0. The average Bonchev–Trinajstić information content (AvgIpc) is 2.12. The summed E-state index contributed by atoms with van der Waals surface area (Å²) >= 11 is 0. The van der Waals surface area contributed by atoms with E-state index in [-0.39, 0.29) is 12.3 Å². The van der Waals surface area contributed by atoms with Crippen LogP contribution in [0.25, 0.3) is 0 Å². The maximum absolute atomic E-state index is 11.1. The highest BCUT2D eigenvalue weighted by atomic mass is 16.7. The van der Waals surface area contributed by atoms with Crippen molar-refractivity contribution >= 4 is 5.97 Å². The molecule has 13 heavy (non-hydrogen) atoms. The van der Waals surface area contributed by atoms with Crippen LogP contribution in [-0.2, 0) is 14.3 Å². The SMILES string of the molecule is CCCOC(CC)OC(=O)CCC. The molecule has 0 rings (SSSR count). The number of rotatable bonds is 7. The quantitative estimate of drug-likeness (QED) is 0.455. The summed E-state index contributed by atoms with van der Waals surface area (Å²) in [5.74, 6) is -0.162. The normalized spacial score (nSPS) is 12.5. The molecule has 0 saturated heterocycles. The molecule has 0 radical (unpaired) electrons. The lowest BCUT2D eigenvalue weighted by molar-refractivity contribution is -0.179. The van der Waals surface area contributed by atoms with Crippen LogP contribution >= 0.6 is 0 Å². The lowest BCUT2D eigenvalue weighted by atomic mass is 10.3. The Labute approximate surface area is 80.4 Å². The molecule has 0 spiro atoms. The fraction of sp³-hybridized carbons (Fsp3) is 0.900. The molecule has 1 atom stereocenters. The van der Waals surface area contributed by atoms with Gasteiger partial charge in [-0.25, -0.2) is 0 Å². The van der Waals surface area contributed by atoms with Crippen LogP contribution in [0.1, 0.15) is 46.5 Å². The second kappa shape index (κ2) is 8.05. The molecule has 0 fully saturated rings. The van der Waals surface area contributed by atoms with E-state index in [0.717, 1.165) is 19.3 Å². The van der Waals surface area contributed by atoms with Crippen LogP contribution < -0.4 is 0 Å². The second-order valence-corrected chi connectivity index (χ2v) is 2.95. The van der Waals surface area contributed by atoms with E-state index in [4.69, 9.17) is 9.47 Å². The first-order valence-electron chi connectivity index (χ1n) is 5.05. The van der Waals surface area contributed by atoms with Crippen LogP contribution in [0.5, 0.6) is 0 Å². The zero-order valence-corrected chi connectivity index (χ0v) is 8.84. The molecule has 1 unspecified atom stereocenters. The molecular formula is C10H20O3. The Morgan fingerprint density at radius 2 is 1.92 bits per heavy atom. The van der Waals surface area contributed by atoms with Gasteiger partial charge in [0.25, 0.3) is 0 Å². The van der Waals surface area contributed by atoms with E-state index in [1.165, 1.54) is 0 Å². The maximum Gasteiger partial charge on any atom is 0.308 e. The first kappa shape index (κ1) is 12.4. The summed E-state index contributed by atoms with van der Waals surface area (Å²) in [6.07, 6.45) is 2.62. The zero-order valence-electron chi connectivity index (χ0n) is 8.84. The molecule has 0 aromatic carbocycles. The molecule has 78 valence electrons. The highest BCUT2D eigenvalue weighted by molar-refractivity contribution is 5.69. The Bertz CT molecular complexity index is 134. The van der Waals surface area contributed by atoms with Gasteiger partial charge >= 0.3 is 5.97 Å². The van der Waals surface area contributed by atoms with E-state index in [2.05, 4.69) is 0 Å². The van der Waals surface area contributed by atoms with Gasteiger partial charge in [0.2, 0.25) is 6.29 Å². The third kappa shape index (κ3) is 6.58. The Hall–Kier alpha value is -0.570. The third-order valence-corrected chi connectivity index (χ3v) is 1.56. The van der Waals surface area contributed by atoms with Crippen molar-refractivity contribution in [3.05, 3.63) is 0 Å². The monoisotopic (exact) mass is 188 g/mol. The Kier molecular flexibility index (Phi) is 7.69. The van der Waals surface area contributed by atoms with Crippen molar-refractivity contribution in [1.29, 1.82) is 0 Å². The summed E-state index contributed by atoms with van der Waals surface area (Å²) in [6.45, 7) is 6.58. The molecule has 0 heterocycles. The van der Waals surface area contributed by atoms with Crippen LogP contribution in [-0.4, -0.2) is 18.9 Å². The third-order valence-electron chi connectivity index (χ3n) is 1.56. The topological polar surface area (TPSA) is 35.5 Å². The predicted molar refractivity (Wildman–Crippen MR) is 51.3 cm³/mol. The smallest absolute Gasteiger partial charge is 0.308 e. The molecule has 0 bridgehead atoms. The summed E-state index contributed by atoms with van der Waals surface area (Å²) in [7, 11) is 0. The minimum atomic E-state index is -0.348. The summed E-state index contributed by atoms with van der Waals surface area (Å²) in [5, 5.41) is 0. The molecule has 3 heteroatoms. The molecule has 0 aliphatic carbocycles. The Morgan fingerprint density at radius 1 is 1.23 bits per heavy atom. The molecule has 0 aliphatic heterocycles. The van der Waals surface area contributed by atoms with E-state index in [9.17, 15) is 4.79 Å². The fourth-order valence-corrected chi connectivity index (χ4v) is 0.894. The lowest BCUT2D eigenvalue weighted by Gasteiger charge is -2.15. The van der Waals surface area contributed by atoms with Gasteiger partial charge in [-0.1, -0.05) is 20.8 Å². The summed E-state index contributed by atoms with van der Waals surface area (Å²) in [6, 6.07) is 0. The molecule has 0 aliphatic rings. The van der Waals surface area contributed by atoms with Gasteiger partial charge in [-0.3, -0.25) is 4.79 Å². The fourth-order valence-electron chi connectivity index (χ4n) is 0.894. The number of hydrogen-bond acceptors (Lipinski definition) is 3. The van der Waals surface area contributed by atoms with Crippen LogP contribution in [0.2, 0.25) is 0 Å². The first-order chi connectivity index (χ1) is 6.24. The predicted octanol–water partition coefficient (Wildman–Crippen LogP) is 2.49. The molecule has 3 nitrogen and oxygen atoms in total. The van der Waals surface area contributed by atoms with Gasteiger partial charge in [-0.15, -0.1) is 0 Å². The number of hydrogen-bond donors (Lipinski definition) is 0. The van der Waals surface area contributed by atoms with Gasteiger partial charge in [-0.2, -0.15) is 0 Å². The van der Waals surface area contributed by atoms with Crippen molar-refractivity contribution in [2.45, 2.75) is 52.7 Å². The van der Waals surface area contributed by atoms with Crippen molar-refractivity contribution in [2.75, 3.05) is 6.61 Å². The van der Waals surface area contributed by atoms with Crippen LogP contribution in [0.4, 0.5) is 0 Å². The minimum absolute atomic E-state index is 0.162. The van der Waals surface area contributed by atoms with Crippen LogP contribution in [0.15, 0.2) is 0 Å². The van der Waals surface area contributed by atoms with Gasteiger partial charge in [0.1, 0.15) is 0 Å². The molecule has 0 saturated carbocycles. The molecule has 0 N–H and O–H groups in total.